The van der Waals surface area contributed by atoms with E-state index in [1.165, 1.54) is 30.9 Å². The van der Waals surface area contributed by atoms with Gasteiger partial charge in [-0.3, -0.25) is 14.5 Å². The minimum Gasteiger partial charge on any atom is -0.502 e. The first kappa shape index (κ1) is 23.6. The van der Waals surface area contributed by atoms with Gasteiger partial charge in [-0.05, 0) is 54.8 Å². The summed E-state index contributed by atoms with van der Waals surface area (Å²) in [4.78, 5) is 27.0. The summed E-state index contributed by atoms with van der Waals surface area (Å²) in [7, 11) is 2.87. The number of aryl methyl sites for hydroxylation is 1. The summed E-state index contributed by atoms with van der Waals surface area (Å²) in [6.45, 7) is 2.31. The summed E-state index contributed by atoms with van der Waals surface area (Å²) >= 11 is 6.56. The molecule has 0 spiro atoms. The molecule has 168 valence electrons. The molecule has 0 radical (unpaired) electrons. The number of rotatable bonds is 8. The number of benzene rings is 2. The van der Waals surface area contributed by atoms with Crippen molar-refractivity contribution in [1.82, 2.24) is 4.90 Å². The third-order valence-electron chi connectivity index (χ3n) is 4.76. The molecule has 2 N–H and O–H groups in total. The first-order valence-electron chi connectivity index (χ1n) is 9.89. The largest absolute Gasteiger partial charge is 0.502 e. The number of thioether (sulfide) groups is 1. The first-order valence-corrected chi connectivity index (χ1v) is 11.1. The van der Waals surface area contributed by atoms with E-state index in [0.29, 0.717) is 27.8 Å². The fourth-order valence-corrected chi connectivity index (χ4v) is 4.49. The number of hydrogen-bond acceptors (Lipinski definition) is 7. The molecule has 1 heterocycles. The first-order chi connectivity index (χ1) is 15.3. The molecule has 0 saturated carbocycles. The number of nitrogens with zero attached hydrogens (tertiary/aromatic N) is 1. The van der Waals surface area contributed by atoms with Gasteiger partial charge in [0.25, 0.3) is 5.91 Å². The second-order valence-electron chi connectivity index (χ2n) is 7.13. The van der Waals surface area contributed by atoms with Crippen LogP contribution in [0.25, 0.3) is 6.08 Å². The number of carbonyl (C=O) groups excluding carboxylic acids is 2. The van der Waals surface area contributed by atoms with Crippen LogP contribution in [0.1, 0.15) is 24.0 Å². The highest BCUT2D eigenvalue weighted by atomic mass is 32.2. The maximum Gasteiger partial charge on any atom is 0.266 e. The molecule has 3 rings (SSSR count). The zero-order valence-corrected chi connectivity index (χ0v) is 19.6. The molecule has 1 fully saturated rings. The van der Waals surface area contributed by atoms with E-state index in [9.17, 15) is 14.7 Å². The number of anilines is 1. The summed E-state index contributed by atoms with van der Waals surface area (Å²) in [6, 6.07) is 10.8. The van der Waals surface area contributed by atoms with E-state index < -0.39 is 0 Å². The van der Waals surface area contributed by atoms with Gasteiger partial charge in [-0.15, -0.1) is 0 Å². The predicted octanol–water partition coefficient (Wildman–Crippen LogP) is 4.34. The molecule has 1 saturated heterocycles. The molecule has 0 aromatic heterocycles. The molecule has 2 aromatic rings. The van der Waals surface area contributed by atoms with Crippen molar-refractivity contribution in [3.63, 3.8) is 0 Å². The Morgan fingerprint density at radius 2 is 1.91 bits per heavy atom. The molecule has 2 aromatic carbocycles. The molecule has 7 nitrogen and oxygen atoms in total. The van der Waals surface area contributed by atoms with E-state index in [1.54, 1.807) is 18.2 Å². The Balaban J connectivity index is 1.62. The Morgan fingerprint density at radius 3 is 2.53 bits per heavy atom. The molecular weight excluding hydrogens is 448 g/mol. The summed E-state index contributed by atoms with van der Waals surface area (Å²) in [5, 5.41) is 12.9. The highest BCUT2D eigenvalue weighted by Crippen LogP contribution is 2.39. The zero-order valence-electron chi connectivity index (χ0n) is 18.0. The fourth-order valence-electron chi connectivity index (χ4n) is 3.19. The lowest BCUT2D eigenvalue weighted by Gasteiger charge is -2.14. The van der Waals surface area contributed by atoms with Crippen LogP contribution in [-0.2, 0) is 9.59 Å². The zero-order chi connectivity index (χ0) is 23.3. The number of nitrogens with one attached hydrogen (secondary N) is 1. The summed E-state index contributed by atoms with van der Waals surface area (Å²) in [5.41, 5.74) is 2.45. The van der Waals surface area contributed by atoms with E-state index in [1.807, 2.05) is 31.2 Å². The van der Waals surface area contributed by atoms with Gasteiger partial charge in [0.2, 0.25) is 11.7 Å². The van der Waals surface area contributed by atoms with Gasteiger partial charge in [-0.25, -0.2) is 0 Å². The lowest BCUT2D eigenvalue weighted by atomic mass is 10.1. The van der Waals surface area contributed by atoms with E-state index in [4.69, 9.17) is 21.7 Å². The van der Waals surface area contributed by atoms with Gasteiger partial charge in [0, 0.05) is 18.7 Å². The SMILES string of the molecule is COc1cc(/C=C2\SC(=S)N(CCCC(=O)Nc3cccc(C)c3)C2=O)cc(OC)c1O. The van der Waals surface area contributed by atoms with Crippen LogP contribution in [-0.4, -0.2) is 46.9 Å². The molecule has 1 aliphatic heterocycles. The second kappa shape index (κ2) is 10.5. The second-order valence-corrected chi connectivity index (χ2v) is 8.80. The van der Waals surface area contributed by atoms with Gasteiger partial charge < -0.3 is 19.9 Å². The molecule has 1 aliphatic rings. The van der Waals surface area contributed by atoms with Crippen molar-refractivity contribution in [3.8, 4) is 17.2 Å². The van der Waals surface area contributed by atoms with Crippen molar-refractivity contribution in [2.24, 2.45) is 0 Å². The molecule has 0 unspecified atom stereocenters. The van der Waals surface area contributed by atoms with E-state index in [2.05, 4.69) is 5.32 Å². The molecule has 32 heavy (non-hydrogen) atoms. The quantitative estimate of drug-likeness (QED) is 0.436. The normalized spacial score (nSPS) is 14.7. The Hall–Kier alpha value is -3.04. The number of thiocarbonyl (C=S) groups is 1. The summed E-state index contributed by atoms with van der Waals surface area (Å²) in [5.74, 6) is 0.0463. The smallest absolute Gasteiger partial charge is 0.266 e. The van der Waals surface area contributed by atoms with Crippen molar-refractivity contribution >= 4 is 51.9 Å². The van der Waals surface area contributed by atoms with Crippen LogP contribution >= 0.6 is 24.0 Å². The Labute approximate surface area is 196 Å². The molecule has 0 aliphatic carbocycles. The Bertz CT molecular complexity index is 1060. The van der Waals surface area contributed by atoms with Gasteiger partial charge >= 0.3 is 0 Å². The fraction of sp³-hybridized carbons (Fsp3) is 0.261. The minimum atomic E-state index is -0.217. The number of carbonyl (C=O) groups is 2. The van der Waals surface area contributed by atoms with Crippen molar-refractivity contribution in [3.05, 3.63) is 52.4 Å². The van der Waals surface area contributed by atoms with Gasteiger partial charge in [0.15, 0.2) is 11.5 Å². The number of aromatic hydroxyl groups is 1. The maximum absolute atomic E-state index is 12.8. The highest BCUT2D eigenvalue weighted by Gasteiger charge is 2.31. The predicted molar refractivity (Wildman–Crippen MR) is 130 cm³/mol. The molecule has 0 atom stereocenters. The van der Waals surface area contributed by atoms with Crippen molar-refractivity contribution < 1.29 is 24.2 Å². The summed E-state index contributed by atoms with van der Waals surface area (Å²) in [6.07, 6.45) is 2.43. The third-order valence-corrected chi connectivity index (χ3v) is 6.14. The van der Waals surface area contributed by atoms with E-state index in [-0.39, 0.29) is 35.5 Å². The van der Waals surface area contributed by atoms with Crippen LogP contribution in [0.3, 0.4) is 0 Å². The molecule has 2 amide bonds. The van der Waals surface area contributed by atoms with Gasteiger partial charge in [-0.2, -0.15) is 0 Å². The average Bonchev–Trinajstić information content (AvgIpc) is 3.02. The van der Waals surface area contributed by atoms with Crippen LogP contribution in [0.2, 0.25) is 0 Å². The number of phenolic OH excluding ortho intramolecular Hbond substituents is 1. The van der Waals surface area contributed by atoms with Crippen molar-refractivity contribution in [1.29, 1.82) is 0 Å². The number of ether oxygens (including phenoxy) is 2. The van der Waals surface area contributed by atoms with E-state index >= 15 is 0 Å². The topological polar surface area (TPSA) is 88.1 Å². The lowest BCUT2D eigenvalue weighted by molar-refractivity contribution is -0.122. The average molecular weight is 473 g/mol. The Kier molecular flexibility index (Phi) is 7.76. The standard InChI is InChI=1S/C23H24N2O5S2/c1-14-6-4-7-16(10-14)24-20(26)8-5-9-25-22(28)19(32-23(25)31)13-15-11-17(29-2)21(27)18(12-15)30-3/h4,6-7,10-13,27H,5,8-9H2,1-3H3,(H,24,26)/b19-13-. The Morgan fingerprint density at radius 1 is 1.22 bits per heavy atom. The summed E-state index contributed by atoms with van der Waals surface area (Å²) < 4.78 is 10.8. The van der Waals surface area contributed by atoms with Crippen molar-refractivity contribution in [2.45, 2.75) is 19.8 Å². The van der Waals surface area contributed by atoms with Crippen LogP contribution in [0.4, 0.5) is 5.69 Å². The van der Waals surface area contributed by atoms with Gasteiger partial charge in [0.05, 0.1) is 19.1 Å². The van der Waals surface area contributed by atoms with Gasteiger partial charge in [-0.1, -0.05) is 36.1 Å². The van der Waals surface area contributed by atoms with Crippen LogP contribution < -0.4 is 14.8 Å². The monoisotopic (exact) mass is 472 g/mol. The highest BCUT2D eigenvalue weighted by molar-refractivity contribution is 8.26. The molecule has 0 bridgehead atoms. The van der Waals surface area contributed by atoms with Gasteiger partial charge in [0.1, 0.15) is 4.32 Å². The molecule has 9 heteroatoms. The lowest BCUT2D eigenvalue weighted by Crippen LogP contribution is -2.29. The number of hydrogen-bond donors (Lipinski definition) is 2. The van der Waals surface area contributed by atoms with Crippen molar-refractivity contribution in [2.75, 3.05) is 26.1 Å². The third kappa shape index (κ3) is 5.60. The number of methoxy groups -OCH3 is 2. The number of phenols is 1. The van der Waals surface area contributed by atoms with Crippen LogP contribution in [0.15, 0.2) is 41.3 Å². The van der Waals surface area contributed by atoms with Crippen LogP contribution in [0, 0.1) is 6.92 Å². The minimum absolute atomic E-state index is 0.108. The maximum atomic E-state index is 12.8. The number of amides is 2. The van der Waals surface area contributed by atoms with E-state index in [0.717, 1.165) is 11.3 Å². The van der Waals surface area contributed by atoms with Crippen LogP contribution in [0.5, 0.6) is 17.2 Å². The molecular formula is C23H24N2O5S2.